The zero-order valence-corrected chi connectivity index (χ0v) is 29.3. The third kappa shape index (κ3) is 10.1. The summed E-state index contributed by atoms with van der Waals surface area (Å²) in [5.74, 6) is -1.68. The molecule has 0 heterocycles. The predicted octanol–water partition coefficient (Wildman–Crippen LogP) is 6.82. The monoisotopic (exact) mass is 773 g/mol. The Labute approximate surface area is 300 Å². The number of aryl methyl sites for hydroxylation is 1. The third-order valence-corrected chi connectivity index (χ3v) is 9.34. The average molecular weight is 774 g/mol. The van der Waals surface area contributed by atoms with E-state index in [2.05, 4.69) is 87.1 Å². The fraction of sp³-hybridized carbons (Fsp3) is 0.282. The number of carboxylic acids is 1. The number of halogens is 1. The van der Waals surface area contributed by atoms with Crippen LogP contribution in [0.4, 0.5) is 4.79 Å². The number of unbranched alkanes of at least 4 members (excludes halogenated alkanes) is 1. The first-order valence-corrected chi connectivity index (χ1v) is 17.6. The molecule has 4 aromatic rings. The maximum atomic E-state index is 12.8. The average Bonchev–Trinajstić information content (AvgIpc) is 3.43. The molecule has 1 aliphatic rings. The maximum absolute atomic E-state index is 12.8. The molecule has 1 atom stereocenters. The molecule has 0 saturated heterocycles. The van der Waals surface area contributed by atoms with E-state index in [-0.39, 0.29) is 24.9 Å². The van der Waals surface area contributed by atoms with Crippen molar-refractivity contribution in [3.63, 3.8) is 0 Å². The molecule has 0 bridgehead atoms. The minimum absolute atomic E-state index is 0.0279. The molecule has 9 nitrogen and oxygen atoms in total. The first-order chi connectivity index (χ1) is 23.8. The molecule has 4 N–H and O–H groups in total. The number of amides is 3. The highest BCUT2D eigenvalue weighted by Gasteiger charge is 2.29. The number of nitrogens with one attached hydrogen (secondary N) is 3. The topological polar surface area (TPSA) is 134 Å². The molecule has 5 rings (SSSR count). The summed E-state index contributed by atoms with van der Waals surface area (Å²) in [6.07, 6.45) is 2.70. The van der Waals surface area contributed by atoms with Crippen molar-refractivity contribution in [3.8, 4) is 11.1 Å². The van der Waals surface area contributed by atoms with Gasteiger partial charge in [-0.1, -0.05) is 72.8 Å². The van der Waals surface area contributed by atoms with Crippen molar-refractivity contribution in [2.75, 3.05) is 13.2 Å². The van der Waals surface area contributed by atoms with E-state index in [4.69, 9.17) is 4.74 Å². The Morgan fingerprint density at radius 2 is 1.39 bits per heavy atom. The van der Waals surface area contributed by atoms with Gasteiger partial charge in [0.1, 0.15) is 12.6 Å². The van der Waals surface area contributed by atoms with Gasteiger partial charge in [0, 0.05) is 34.6 Å². The number of carboxylic acid groups (broad SMARTS) is 1. The smallest absolute Gasteiger partial charge is 0.407 e. The highest BCUT2D eigenvalue weighted by atomic mass is 127. The summed E-state index contributed by atoms with van der Waals surface area (Å²) in [5.41, 5.74) is 6.96. The third-order valence-electron chi connectivity index (χ3n) is 8.62. The van der Waals surface area contributed by atoms with E-state index >= 15 is 0 Å². The lowest BCUT2D eigenvalue weighted by molar-refractivity contribution is -0.139. The number of ether oxygens (including phenoxy) is 1. The van der Waals surface area contributed by atoms with Gasteiger partial charge >= 0.3 is 12.1 Å². The lowest BCUT2D eigenvalue weighted by atomic mass is 9.98. The van der Waals surface area contributed by atoms with Crippen LogP contribution >= 0.6 is 22.6 Å². The second-order valence-electron chi connectivity index (χ2n) is 12.1. The van der Waals surface area contributed by atoms with Crippen molar-refractivity contribution < 1.29 is 29.0 Å². The van der Waals surface area contributed by atoms with Crippen LogP contribution in [-0.2, 0) is 27.3 Å². The first-order valence-electron chi connectivity index (χ1n) is 16.5. The highest BCUT2D eigenvalue weighted by molar-refractivity contribution is 14.1. The summed E-state index contributed by atoms with van der Waals surface area (Å²) in [6, 6.07) is 30.2. The van der Waals surface area contributed by atoms with Gasteiger partial charge in [-0.3, -0.25) is 9.59 Å². The molecule has 0 aliphatic heterocycles. The number of benzene rings is 4. The Morgan fingerprint density at radius 3 is 2.04 bits per heavy atom. The highest BCUT2D eigenvalue weighted by Crippen LogP contribution is 2.44. The molecule has 254 valence electrons. The number of aliphatic carboxylic acids is 1. The minimum Gasteiger partial charge on any atom is -0.480 e. The van der Waals surface area contributed by atoms with E-state index in [1.807, 2.05) is 24.3 Å². The van der Waals surface area contributed by atoms with Crippen molar-refractivity contribution in [3.05, 3.63) is 128 Å². The summed E-state index contributed by atoms with van der Waals surface area (Å²) in [4.78, 5) is 49.3. The van der Waals surface area contributed by atoms with Gasteiger partial charge in [-0.15, -0.1) is 0 Å². The zero-order chi connectivity index (χ0) is 34.6. The van der Waals surface area contributed by atoms with E-state index in [0.29, 0.717) is 37.9 Å². The second kappa shape index (κ2) is 17.6. The van der Waals surface area contributed by atoms with Crippen LogP contribution < -0.4 is 16.0 Å². The number of carbonyl (C=O) groups excluding carboxylic acids is 3. The van der Waals surface area contributed by atoms with Crippen LogP contribution in [0.5, 0.6) is 0 Å². The number of hydrogen-bond donors (Lipinski definition) is 4. The van der Waals surface area contributed by atoms with Crippen molar-refractivity contribution in [1.29, 1.82) is 0 Å². The van der Waals surface area contributed by atoms with Crippen LogP contribution in [0.3, 0.4) is 0 Å². The van der Waals surface area contributed by atoms with Crippen molar-refractivity contribution in [2.45, 2.75) is 57.0 Å². The SMILES string of the molecule is O=C(CCCc1ccc(I)cc1)NCc1ccc(C(=O)N[C@@H](CCCCNC(=O)OCC2c3ccccc3-c3ccccc32)C(=O)O)cc1. The second-order valence-corrected chi connectivity index (χ2v) is 13.3. The summed E-state index contributed by atoms with van der Waals surface area (Å²) >= 11 is 2.27. The van der Waals surface area contributed by atoms with Gasteiger partial charge < -0.3 is 25.8 Å². The van der Waals surface area contributed by atoms with Crippen LogP contribution in [0, 0.1) is 3.57 Å². The molecule has 0 radical (unpaired) electrons. The van der Waals surface area contributed by atoms with Crippen LogP contribution in [0.15, 0.2) is 97.1 Å². The first kappa shape index (κ1) is 35.6. The molecule has 49 heavy (non-hydrogen) atoms. The molecule has 0 saturated carbocycles. The van der Waals surface area contributed by atoms with Crippen molar-refractivity contribution in [2.24, 2.45) is 0 Å². The van der Waals surface area contributed by atoms with Crippen molar-refractivity contribution in [1.82, 2.24) is 16.0 Å². The Bertz CT molecular complexity index is 1710. The van der Waals surface area contributed by atoms with Gasteiger partial charge in [-0.25, -0.2) is 9.59 Å². The number of fused-ring (bicyclic) bond motifs is 3. The Kier molecular flexibility index (Phi) is 12.8. The van der Waals surface area contributed by atoms with Gasteiger partial charge in [0.2, 0.25) is 5.91 Å². The number of alkyl carbamates (subject to hydrolysis) is 1. The van der Waals surface area contributed by atoms with Gasteiger partial charge in [-0.05, 0) is 112 Å². The van der Waals surface area contributed by atoms with Crippen LogP contribution in [0.1, 0.15) is 70.6 Å². The number of rotatable bonds is 16. The molecule has 10 heteroatoms. The van der Waals surface area contributed by atoms with E-state index in [0.717, 1.165) is 40.7 Å². The largest absolute Gasteiger partial charge is 0.480 e. The summed E-state index contributed by atoms with van der Waals surface area (Å²) in [5, 5.41) is 17.9. The quantitative estimate of drug-likeness (QED) is 0.0730. The van der Waals surface area contributed by atoms with E-state index in [1.165, 1.54) is 9.13 Å². The summed E-state index contributed by atoms with van der Waals surface area (Å²) in [6.45, 7) is 0.880. The van der Waals surface area contributed by atoms with Crippen LogP contribution in [-0.4, -0.2) is 48.2 Å². The van der Waals surface area contributed by atoms with Gasteiger partial charge in [0.05, 0.1) is 0 Å². The Morgan fingerprint density at radius 1 is 0.755 bits per heavy atom. The molecule has 0 unspecified atom stereocenters. The fourth-order valence-electron chi connectivity index (χ4n) is 5.98. The van der Waals surface area contributed by atoms with Crippen LogP contribution in [0.2, 0.25) is 0 Å². The number of carbonyl (C=O) groups is 4. The maximum Gasteiger partial charge on any atom is 0.407 e. The van der Waals surface area contributed by atoms with E-state index in [9.17, 15) is 24.3 Å². The number of hydrogen-bond acceptors (Lipinski definition) is 5. The lowest BCUT2D eigenvalue weighted by Crippen LogP contribution is -2.40. The predicted molar refractivity (Wildman–Crippen MR) is 196 cm³/mol. The zero-order valence-electron chi connectivity index (χ0n) is 27.1. The van der Waals surface area contributed by atoms with E-state index in [1.54, 1.807) is 24.3 Å². The molecular formula is C39H40IN3O6. The standard InChI is InChI=1S/C39H40IN3O6/c40-29-21-17-26(18-22-29)8-7-14-36(44)42-24-27-15-19-28(20-16-27)37(45)43-35(38(46)47)13-5-6-23-41-39(48)49-25-34-32-11-3-1-9-30(32)31-10-2-4-12-33(31)34/h1-4,9-12,15-22,34-35H,5-8,13-14,23-25H2,(H,41,48)(H,42,44)(H,43,45)(H,46,47)/t35-/m0/s1. The molecule has 0 spiro atoms. The van der Waals surface area contributed by atoms with Gasteiger partial charge in [-0.2, -0.15) is 0 Å². The summed E-state index contributed by atoms with van der Waals surface area (Å²) < 4.78 is 6.73. The molecule has 4 aromatic carbocycles. The molecule has 1 aliphatic carbocycles. The van der Waals surface area contributed by atoms with Crippen molar-refractivity contribution >= 4 is 46.5 Å². The van der Waals surface area contributed by atoms with Crippen LogP contribution in [0.25, 0.3) is 11.1 Å². The van der Waals surface area contributed by atoms with Gasteiger partial charge in [0.15, 0.2) is 0 Å². The Balaban J connectivity index is 0.974. The fourth-order valence-corrected chi connectivity index (χ4v) is 6.34. The molecule has 0 aromatic heterocycles. The summed E-state index contributed by atoms with van der Waals surface area (Å²) in [7, 11) is 0. The minimum atomic E-state index is -1.13. The lowest BCUT2D eigenvalue weighted by Gasteiger charge is -2.16. The molecule has 3 amide bonds. The van der Waals surface area contributed by atoms with Gasteiger partial charge in [0.25, 0.3) is 5.91 Å². The Hall–Kier alpha value is -4.71. The normalized spacial score (nSPS) is 12.3. The molecule has 0 fully saturated rings. The van der Waals surface area contributed by atoms with E-state index < -0.39 is 24.0 Å². The molecular weight excluding hydrogens is 733 g/mol.